The maximum atomic E-state index is 11.5. The molecule has 0 rings (SSSR count). The molecule has 0 aliphatic carbocycles. The number of rotatable bonds is 12. The molecule has 0 aliphatic rings. The van der Waals surface area contributed by atoms with E-state index in [1.807, 2.05) is 6.92 Å². The summed E-state index contributed by atoms with van der Waals surface area (Å²) in [4.78, 5) is 36.7. The van der Waals surface area contributed by atoms with E-state index in [-0.39, 0.29) is 38.1 Å². The van der Waals surface area contributed by atoms with Crippen molar-refractivity contribution in [1.82, 2.24) is 0 Å². The van der Waals surface area contributed by atoms with Crippen LogP contribution in [0.5, 0.6) is 0 Å². The van der Waals surface area contributed by atoms with E-state index in [2.05, 4.69) is 10.2 Å². The molecule has 124 valence electrons. The number of carbonyl (C=O) groups is 2. The second kappa shape index (κ2) is 15.2. The first kappa shape index (κ1) is 22.1. The fourth-order valence-electron chi connectivity index (χ4n) is 1.33. The predicted molar refractivity (Wildman–Crippen MR) is 83.6 cm³/mol. The molecule has 1 unspecified atom stereocenters. The van der Waals surface area contributed by atoms with E-state index in [1.165, 1.54) is 0 Å². The van der Waals surface area contributed by atoms with Crippen LogP contribution in [0.1, 0.15) is 46.5 Å². The highest BCUT2D eigenvalue weighted by Gasteiger charge is 2.13. The Balaban J connectivity index is 0. The first-order valence-corrected chi connectivity index (χ1v) is 7.62. The summed E-state index contributed by atoms with van der Waals surface area (Å²) in [7, 11) is 0. The SMILES string of the molecule is C.CCCC(N)C(=O)SCCC(=O)OCCCCON=O. The number of carbonyl (C=O) groups excluding carboxylic acids is 2. The fourth-order valence-corrected chi connectivity index (χ4v) is 2.14. The minimum absolute atomic E-state index is 0. The van der Waals surface area contributed by atoms with E-state index >= 15 is 0 Å². The van der Waals surface area contributed by atoms with Gasteiger partial charge in [-0.1, -0.05) is 32.5 Å². The van der Waals surface area contributed by atoms with Crippen molar-refractivity contribution >= 4 is 22.8 Å². The normalized spacial score (nSPS) is 11.1. The van der Waals surface area contributed by atoms with Crippen LogP contribution in [0.25, 0.3) is 0 Å². The van der Waals surface area contributed by atoms with Gasteiger partial charge in [0.05, 0.1) is 19.1 Å². The lowest BCUT2D eigenvalue weighted by Crippen LogP contribution is -2.28. The minimum atomic E-state index is -0.451. The smallest absolute Gasteiger partial charge is 0.306 e. The van der Waals surface area contributed by atoms with Crippen LogP contribution in [0.15, 0.2) is 5.34 Å². The molecule has 0 saturated heterocycles. The quantitative estimate of drug-likeness (QED) is 0.254. The van der Waals surface area contributed by atoms with Gasteiger partial charge in [-0.05, 0) is 19.3 Å². The van der Waals surface area contributed by atoms with Crippen LogP contribution in [0.2, 0.25) is 0 Å². The lowest BCUT2D eigenvalue weighted by molar-refractivity contribution is -0.143. The van der Waals surface area contributed by atoms with E-state index in [0.29, 0.717) is 25.0 Å². The summed E-state index contributed by atoms with van der Waals surface area (Å²) in [6.45, 7) is 2.46. The van der Waals surface area contributed by atoms with Crippen LogP contribution in [0, 0.1) is 4.91 Å². The van der Waals surface area contributed by atoms with Gasteiger partial charge in [0.25, 0.3) is 0 Å². The van der Waals surface area contributed by atoms with Crippen molar-refractivity contribution in [3.63, 3.8) is 0 Å². The Morgan fingerprint density at radius 2 is 1.95 bits per heavy atom. The molecule has 0 heterocycles. The Morgan fingerprint density at radius 3 is 2.57 bits per heavy atom. The number of esters is 1. The summed E-state index contributed by atoms with van der Waals surface area (Å²) < 4.78 is 4.95. The van der Waals surface area contributed by atoms with Gasteiger partial charge in [-0.15, -0.1) is 4.91 Å². The largest absolute Gasteiger partial charge is 0.466 e. The maximum Gasteiger partial charge on any atom is 0.306 e. The molecule has 1 atom stereocenters. The number of unbranched alkanes of at least 4 members (excludes halogenated alkanes) is 1. The van der Waals surface area contributed by atoms with E-state index in [1.54, 1.807) is 0 Å². The second-order valence-electron chi connectivity index (χ2n) is 4.15. The average Bonchev–Trinajstić information content (AvgIpc) is 2.42. The van der Waals surface area contributed by atoms with Crippen molar-refractivity contribution in [2.45, 2.75) is 52.5 Å². The Bertz CT molecular complexity index is 302. The Hall–Kier alpha value is -1.15. The highest BCUT2D eigenvalue weighted by molar-refractivity contribution is 8.13. The van der Waals surface area contributed by atoms with Gasteiger partial charge < -0.3 is 15.3 Å². The lowest BCUT2D eigenvalue weighted by Gasteiger charge is -2.08. The molecule has 0 aromatic heterocycles. The Morgan fingerprint density at radius 1 is 1.29 bits per heavy atom. The third-order valence-corrected chi connectivity index (χ3v) is 3.39. The molecule has 0 saturated carbocycles. The topological polar surface area (TPSA) is 108 Å². The van der Waals surface area contributed by atoms with Gasteiger partial charge in [0.15, 0.2) is 5.34 Å². The lowest BCUT2D eigenvalue weighted by atomic mass is 10.2. The predicted octanol–water partition coefficient (Wildman–Crippen LogP) is 2.42. The van der Waals surface area contributed by atoms with Gasteiger partial charge in [-0.3, -0.25) is 9.59 Å². The summed E-state index contributed by atoms with van der Waals surface area (Å²) >= 11 is 1.07. The molecule has 8 heteroatoms. The van der Waals surface area contributed by atoms with E-state index < -0.39 is 6.04 Å². The molecule has 0 aromatic rings. The number of hydrogen-bond acceptors (Lipinski definition) is 8. The number of hydrogen-bond donors (Lipinski definition) is 1. The van der Waals surface area contributed by atoms with Gasteiger partial charge in [-0.25, -0.2) is 0 Å². The molecule has 0 spiro atoms. The zero-order valence-corrected chi connectivity index (χ0v) is 12.5. The molecular formula is C13H26N2O5S. The highest BCUT2D eigenvalue weighted by atomic mass is 32.2. The van der Waals surface area contributed by atoms with Crippen LogP contribution in [-0.4, -0.2) is 36.1 Å². The first-order valence-electron chi connectivity index (χ1n) is 6.64. The summed E-state index contributed by atoms with van der Waals surface area (Å²) in [5.74, 6) is 0.0385. The van der Waals surface area contributed by atoms with Crippen molar-refractivity contribution in [3.05, 3.63) is 4.91 Å². The van der Waals surface area contributed by atoms with Crippen LogP contribution >= 0.6 is 11.8 Å². The van der Waals surface area contributed by atoms with Crippen molar-refractivity contribution in [2.24, 2.45) is 11.1 Å². The number of nitrogens with two attached hydrogens (primary N) is 1. The number of nitrogens with zero attached hydrogens (tertiary/aromatic N) is 1. The number of thioether (sulfide) groups is 1. The van der Waals surface area contributed by atoms with Crippen LogP contribution in [-0.2, 0) is 19.2 Å². The van der Waals surface area contributed by atoms with E-state index in [9.17, 15) is 14.5 Å². The van der Waals surface area contributed by atoms with Crippen LogP contribution in [0.4, 0.5) is 0 Å². The molecule has 0 fully saturated rings. The third-order valence-electron chi connectivity index (χ3n) is 2.40. The van der Waals surface area contributed by atoms with Gasteiger partial charge in [-0.2, -0.15) is 0 Å². The van der Waals surface area contributed by atoms with Crippen LogP contribution < -0.4 is 5.73 Å². The number of ether oxygens (including phenoxy) is 1. The van der Waals surface area contributed by atoms with Crippen molar-refractivity contribution in [3.8, 4) is 0 Å². The summed E-state index contributed by atoms with van der Waals surface area (Å²) in [6.07, 6.45) is 2.90. The molecule has 0 bridgehead atoms. The molecule has 0 radical (unpaired) electrons. The monoisotopic (exact) mass is 322 g/mol. The zero-order chi connectivity index (χ0) is 15.2. The van der Waals surface area contributed by atoms with Gasteiger partial charge in [0.2, 0.25) is 5.12 Å². The van der Waals surface area contributed by atoms with Gasteiger partial charge in [0, 0.05) is 5.75 Å². The third kappa shape index (κ3) is 13.6. The zero-order valence-electron chi connectivity index (χ0n) is 11.7. The molecule has 0 aliphatic heterocycles. The van der Waals surface area contributed by atoms with Gasteiger partial charge >= 0.3 is 5.97 Å². The van der Waals surface area contributed by atoms with Gasteiger partial charge in [0.1, 0.15) is 6.61 Å². The average molecular weight is 322 g/mol. The van der Waals surface area contributed by atoms with Crippen molar-refractivity contribution in [2.75, 3.05) is 19.0 Å². The Kier molecular flexibility index (Phi) is 16.1. The molecule has 0 amide bonds. The summed E-state index contributed by atoms with van der Waals surface area (Å²) in [6, 6.07) is -0.451. The summed E-state index contributed by atoms with van der Waals surface area (Å²) in [5, 5.41) is 2.17. The molecule has 2 N–H and O–H groups in total. The van der Waals surface area contributed by atoms with Crippen molar-refractivity contribution in [1.29, 1.82) is 0 Å². The maximum absolute atomic E-state index is 11.5. The second-order valence-corrected chi connectivity index (χ2v) is 5.25. The molecular weight excluding hydrogens is 296 g/mol. The molecule has 7 nitrogen and oxygen atoms in total. The van der Waals surface area contributed by atoms with Crippen molar-refractivity contribution < 1.29 is 19.2 Å². The first-order chi connectivity index (χ1) is 9.61. The fraction of sp³-hybridized carbons (Fsp3) is 0.846. The molecule has 21 heavy (non-hydrogen) atoms. The molecule has 0 aromatic carbocycles. The highest BCUT2D eigenvalue weighted by Crippen LogP contribution is 2.10. The van der Waals surface area contributed by atoms with E-state index in [4.69, 9.17) is 10.5 Å². The minimum Gasteiger partial charge on any atom is -0.466 e. The Labute approximate surface area is 130 Å². The standard InChI is InChI=1S/C12H22N2O5S.CH4/c1-2-5-10(13)12(16)20-9-6-11(15)18-7-3-4-8-19-14-17;/h10H,2-9,13H2,1H3;1H4. The summed E-state index contributed by atoms with van der Waals surface area (Å²) in [5.41, 5.74) is 5.65. The van der Waals surface area contributed by atoms with E-state index in [0.717, 1.165) is 18.2 Å². The van der Waals surface area contributed by atoms with Crippen LogP contribution in [0.3, 0.4) is 0 Å².